The average molecular weight is 498 g/mol. The Kier molecular flexibility index (Phi) is 8.35. The van der Waals surface area contributed by atoms with E-state index in [1.165, 1.54) is 7.11 Å². The first-order valence-electron chi connectivity index (χ1n) is 10.3. The maximum Gasteiger partial charge on any atom is 0.325 e. The highest BCUT2D eigenvalue weighted by Crippen LogP contribution is 2.26. The number of nitrogens with zero attached hydrogens (tertiary/aromatic N) is 1. The Morgan fingerprint density at radius 1 is 1.00 bits per heavy atom. The number of thiazole rings is 1. The molecule has 0 spiro atoms. The molecule has 182 valence electrons. The molecule has 3 aromatic rings. The van der Waals surface area contributed by atoms with Crippen LogP contribution >= 0.6 is 11.3 Å². The number of hydrogen-bond donors (Lipinski definition) is 5. The molecule has 0 atom stereocenters. The lowest BCUT2D eigenvalue weighted by Crippen LogP contribution is -2.38. The lowest BCUT2D eigenvalue weighted by molar-refractivity contribution is -0.135. The molecule has 1 heterocycles. The van der Waals surface area contributed by atoms with E-state index < -0.39 is 24.6 Å². The normalized spacial score (nSPS) is 10.2. The highest BCUT2D eigenvalue weighted by Gasteiger charge is 2.19. The van der Waals surface area contributed by atoms with Gasteiger partial charge in [-0.3, -0.25) is 14.9 Å². The zero-order valence-corrected chi connectivity index (χ0v) is 19.7. The van der Waals surface area contributed by atoms with Gasteiger partial charge in [0.2, 0.25) is 0 Å². The fourth-order valence-corrected chi connectivity index (χ4v) is 3.72. The summed E-state index contributed by atoms with van der Waals surface area (Å²) in [5.74, 6) is -1.03. The number of aryl methyl sites for hydroxylation is 1. The summed E-state index contributed by atoms with van der Waals surface area (Å²) in [5, 5.41) is 20.4. The highest BCUT2D eigenvalue weighted by atomic mass is 32.1. The molecular weight excluding hydrogens is 474 g/mol. The van der Waals surface area contributed by atoms with Crippen LogP contribution in [-0.2, 0) is 11.3 Å². The van der Waals surface area contributed by atoms with Crippen LogP contribution in [0.15, 0.2) is 47.8 Å². The van der Waals surface area contributed by atoms with Crippen LogP contribution in [0.4, 0.5) is 20.4 Å². The third-order valence-electron chi connectivity index (χ3n) is 4.62. The van der Waals surface area contributed by atoms with Crippen molar-refractivity contribution in [3.8, 4) is 5.75 Å². The minimum absolute atomic E-state index is 0.0424. The number of urea groups is 2. The van der Waals surface area contributed by atoms with Crippen molar-refractivity contribution < 1.29 is 29.0 Å². The zero-order valence-electron chi connectivity index (χ0n) is 18.9. The van der Waals surface area contributed by atoms with Crippen molar-refractivity contribution in [3.63, 3.8) is 0 Å². The van der Waals surface area contributed by atoms with Gasteiger partial charge in [-0.05, 0) is 31.2 Å². The van der Waals surface area contributed by atoms with Crippen LogP contribution in [-0.4, -0.2) is 47.6 Å². The van der Waals surface area contributed by atoms with E-state index in [1.54, 1.807) is 47.8 Å². The number of rotatable bonds is 9. The molecule has 0 aliphatic rings. The van der Waals surface area contributed by atoms with Crippen LogP contribution in [0, 0.1) is 6.92 Å². The van der Waals surface area contributed by atoms with Crippen LogP contribution < -0.4 is 26.0 Å². The van der Waals surface area contributed by atoms with Gasteiger partial charge in [0.25, 0.3) is 0 Å². The molecule has 4 amide bonds. The van der Waals surface area contributed by atoms with Crippen molar-refractivity contribution >= 4 is 46.0 Å². The Morgan fingerprint density at radius 3 is 2.51 bits per heavy atom. The zero-order chi connectivity index (χ0) is 25.4. The summed E-state index contributed by atoms with van der Waals surface area (Å²) in [6.45, 7) is 1.38. The van der Waals surface area contributed by atoms with E-state index in [1.807, 2.05) is 6.92 Å². The number of anilines is 2. The first-order chi connectivity index (χ1) is 16.8. The lowest BCUT2D eigenvalue weighted by atomic mass is 9.99. The predicted molar refractivity (Wildman–Crippen MR) is 130 cm³/mol. The fraction of sp³-hybridized carbons (Fsp3) is 0.174. The Balaban J connectivity index is 1.66. The largest absolute Gasteiger partial charge is 0.496 e. The molecule has 35 heavy (non-hydrogen) atoms. The second-order valence-electron chi connectivity index (χ2n) is 7.23. The van der Waals surface area contributed by atoms with Crippen molar-refractivity contribution in [1.29, 1.82) is 0 Å². The third-order valence-corrected chi connectivity index (χ3v) is 5.43. The number of aliphatic carboxylic acids is 1. The smallest absolute Gasteiger partial charge is 0.325 e. The summed E-state index contributed by atoms with van der Waals surface area (Å²) in [6, 6.07) is 10.7. The number of ether oxygens (including phenoxy) is 1. The molecule has 0 saturated carbocycles. The number of carbonyl (C=O) groups is 4. The average Bonchev–Trinajstić information content (AvgIpc) is 3.29. The van der Waals surface area contributed by atoms with E-state index in [0.29, 0.717) is 28.3 Å². The van der Waals surface area contributed by atoms with E-state index in [4.69, 9.17) is 9.84 Å². The quantitative estimate of drug-likeness (QED) is 0.284. The number of nitrogens with one attached hydrogen (secondary N) is 4. The number of amides is 4. The molecule has 11 nitrogen and oxygen atoms in total. The van der Waals surface area contributed by atoms with Gasteiger partial charge in [-0.15, -0.1) is 11.3 Å². The maximum absolute atomic E-state index is 13.2. The van der Waals surface area contributed by atoms with E-state index >= 15 is 0 Å². The lowest BCUT2D eigenvalue weighted by Gasteiger charge is -2.13. The van der Waals surface area contributed by atoms with Gasteiger partial charge < -0.3 is 25.8 Å². The summed E-state index contributed by atoms with van der Waals surface area (Å²) in [5.41, 5.74) is 2.31. The summed E-state index contributed by atoms with van der Waals surface area (Å²) < 4.78 is 5.30. The summed E-state index contributed by atoms with van der Waals surface area (Å²) in [7, 11) is 1.48. The Labute approximate surface area is 204 Å². The number of benzene rings is 2. The summed E-state index contributed by atoms with van der Waals surface area (Å²) >= 11 is 1.14. The Hall–Kier alpha value is -4.45. The van der Waals surface area contributed by atoms with E-state index in [-0.39, 0.29) is 17.5 Å². The van der Waals surface area contributed by atoms with Crippen LogP contribution in [0.25, 0.3) is 0 Å². The highest BCUT2D eigenvalue weighted by molar-refractivity contribution is 7.13. The summed E-state index contributed by atoms with van der Waals surface area (Å²) in [6.07, 6.45) is 0. The van der Waals surface area contributed by atoms with Gasteiger partial charge in [-0.2, -0.15) is 0 Å². The van der Waals surface area contributed by atoms with E-state index in [9.17, 15) is 19.2 Å². The van der Waals surface area contributed by atoms with Crippen molar-refractivity contribution in [3.05, 3.63) is 70.2 Å². The second-order valence-corrected chi connectivity index (χ2v) is 8.09. The Morgan fingerprint density at radius 2 is 1.77 bits per heavy atom. The van der Waals surface area contributed by atoms with Crippen molar-refractivity contribution in [2.75, 3.05) is 24.3 Å². The molecule has 0 radical (unpaired) electrons. The number of methoxy groups -OCH3 is 1. The molecule has 1 aromatic heterocycles. The third kappa shape index (κ3) is 7.01. The molecular formula is C23H23N5O6S. The molecule has 0 bridgehead atoms. The van der Waals surface area contributed by atoms with Gasteiger partial charge in [0.1, 0.15) is 12.3 Å². The molecule has 0 aliphatic carbocycles. The van der Waals surface area contributed by atoms with Gasteiger partial charge in [0.05, 0.1) is 30.6 Å². The number of hydrogen-bond acceptors (Lipinski definition) is 7. The molecule has 2 aromatic carbocycles. The Bertz CT molecular complexity index is 1260. The SMILES string of the molecule is COc1ccccc1C(=O)c1cc(C)ccc1NC(=O)Nc1nc(CNC(=O)NCC(=O)O)cs1. The van der Waals surface area contributed by atoms with Gasteiger partial charge in [-0.25, -0.2) is 14.6 Å². The standard InChI is InChI=1S/C23H23N5O6S/c1-13-7-8-17(16(9-13)20(31)15-5-3-4-6-18(15)34-2)27-22(33)28-23-26-14(12-35-23)10-24-21(32)25-11-19(29)30/h3-9,12H,10-11H2,1-2H3,(H,29,30)(H2,24,25,32)(H2,26,27,28,33). The van der Waals surface area contributed by atoms with Crippen molar-refractivity contribution in [2.45, 2.75) is 13.5 Å². The molecule has 3 rings (SSSR count). The first-order valence-corrected chi connectivity index (χ1v) is 11.2. The predicted octanol–water partition coefficient (Wildman–Crippen LogP) is 3.22. The van der Waals surface area contributed by atoms with Gasteiger partial charge in [0, 0.05) is 10.9 Å². The number of ketones is 1. The maximum atomic E-state index is 13.2. The van der Waals surface area contributed by atoms with Gasteiger partial charge >= 0.3 is 18.0 Å². The molecule has 0 fully saturated rings. The fourth-order valence-electron chi connectivity index (χ4n) is 3.02. The molecule has 12 heteroatoms. The first kappa shape index (κ1) is 25.2. The number of carboxylic acids is 1. The molecule has 5 N–H and O–H groups in total. The van der Waals surface area contributed by atoms with Gasteiger partial charge in [-0.1, -0.05) is 23.8 Å². The van der Waals surface area contributed by atoms with Crippen LogP contribution in [0.3, 0.4) is 0 Å². The van der Waals surface area contributed by atoms with E-state index in [2.05, 4.69) is 26.3 Å². The van der Waals surface area contributed by atoms with Gasteiger partial charge in [0.15, 0.2) is 10.9 Å². The van der Waals surface area contributed by atoms with E-state index in [0.717, 1.165) is 16.9 Å². The van der Waals surface area contributed by atoms with Crippen molar-refractivity contribution in [2.24, 2.45) is 0 Å². The topological polar surface area (TPSA) is 159 Å². The number of carbonyl (C=O) groups excluding carboxylic acids is 3. The van der Waals surface area contributed by atoms with Crippen LogP contribution in [0.5, 0.6) is 5.75 Å². The van der Waals surface area contributed by atoms with Crippen molar-refractivity contribution in [1.82, 2.24) is 15.6 Å². The minimum Gasteiger partial charge on any atom is -0.496 e. The second kappa shape index (κ2) is 11.6. The molecule has 0 unspecified atom stereocenters. The van der Waals surface area contributed by atoms with Crippen LogP contribution in [0.2, 0.25) is 0 Å². The number of aromatic nitrogens is 1. The molecule has 0 aliphatic heterocycles. The molecule has 0 saturated heterocycles. The minimum atomic E-state index is -1.16. The number of para-hydroxylation sites is 1. The number of carboxylic acid groups (broad SMARTS) is 1. The van der Waals surface area contributed by atoms with Crippen LogP contribution in [0.1, 0.15) is 27.2 Å². The monoisotopic (exact) mass is 497 g/mol. The summed E-state index contributed by atoms with van der Waals surface area (Å²) in [4.78, 5) is 52.0.